The third-order valence-corrected chi connectivity index (χ3v) is 5.29. The highest BCUT2D eigenvalue weighted by molar-refractivity contribution is 5.82. The van der Waals surface area contributed by atoms with Gasteiger partial charge < -0.3 is 9.88 Å². The molecule has 25 heavy (non-hydrogen) atoms. The van der Waals surface area contributed by atoms with Gasteiger partial charge in [-0.15, -0.1) is 0 Å². The summed E-state index contributed by atoms with van der Waals surface area (Å²) in [5.41, 5.74) is 3.01. The molecule has 0 saturated carbocycles. The van der Waals surface area contributed by atoms with Crippen molar-refractivity contribution < 1.29 is 0 Å². The van der Waals surface area contributed by atoms with Crippen LogP contribution in [0.4, 0.5) is 5.82 Å². The number of likely N-dealkylation sites (N-methyl/N-ethyl adjacent to an activating group) is 1. The van der Waals surface area contributed by atoms with E-state index in [4.69, 9.17) is 0 Å². The molecule has 4 rings (SSSR count). The number of fused-ring (bicyclic) bond motifs is 1. The summed E-state index contributed by atoms with van der Waals surface area (Å²) in [4.78, 5) is 21.0. The van der Waals surface area contributed by atoms with Crippen molar-refractivity contribution in [1.29, 1.82) is 0 Å². The van der Waals surface area contributed by atoms with Crippen molar-refractivity contribution in [2.24, 2.45) is 5.92 Å². The standard InChI is InChI=1S/C19H24N6/c1-14-8-9-25(10-15-6-4-3-5-7-15)11-16(14)24(2)19-17-18(21-12-20-17)22-13-23-19/h3-7,12-14,16H,8-11H2,1-2H3,(H,20,21,22,23)/t14-,16+/m1/s1. The fraction of sp³-hybridized carbons (Fsp3) is 0.421. The number of hydrogen-bond acceptors (Lipinski definition) is 5. The zero-order valence-electron chi connectivity index (χ0n) is 14.8. The van der Waals surface area contributed by atoms with Crippen molar-refractivity contribution in [3.8, 4) is 0 Å². The van der Waals surface area contributed by atoms with Gasteiger partial charge in [0.15, 0.2) is 11.5 Å². The number of H-pyrrole nitrogens is 1. The zero-order valence-corrected chi connectivity index (χ0v) is 14.8. The van der Waals surface area contributed by atoms with Crippen LogP contribution in [-0.4, -0.2) is 51.0 Å². The lowest BCUT2D eigenvalue weighted by atomic mass is 9.92. The average molecular weight is 336 g/mol. The Hall–Kier alpha value is -2.47. The van der Waals surface area contributed by atoms with Crippen LogP contribution in [0.25, 0.3) is 11.2 Å². The molecule has 1 fully saturated rings. The van der Waals surface area contributed by atoms with Gasteiger partial charge in [-0.2, -0.15) is 0 Å². The Morgan fingerprint density at radius 2 is 2.04 bits per heavy atom. The molecule has 3 heterocycles. The minimum atomic E-state index is 0.416. The predicted molar refractivity (Wildman–Crippen MR) is 99.4 cm³/mol. The van der Waals surface area contributed by atoms with Crippen molar-refractivity contribution in [3.63, 3.8) is 0 Å². The van der Waals surface area contributed by atoms with Crippen molar-refractivity contribution in [2.75, 3.05) is 25.0 Å². The van der Waals surface area contributed by atoms with Gasteiger partial charge in [0.05, 0.1) is 6.33 Å². The minimum absolute atomic E-state index is 0.416. The third-order valence-electron chi connectivity index (χ3n) is 5.29. The van der Waals surface area contributed by atoms with Gasteiger partial charge in [0.2, 0.25) is 0 Å². The van der Waals surface area contributed by atoms with Gasteiger partial charge in [-0.3, -0.25) is 4.90 Å². The number of benzene rings is 1. The number of likely N-dealkylation sites (tertiary alicyclic amines) is 1. The number of imidazole rings is 1. The summed E-state index contributed by atoms with van der Waals surface area (Å²) in [6, 6.07) is 11.1. The van der Waals surface area contributed by atoms with Crippen molar-refractivity contribution >= 4 is 17.0 Å². The fourth-order valence-corrected chi connectivity index (χ4v) is 3.78. The summed E-state index contributed by atoms with van der Waals surface area (Å²) in [5.74, 6) is 1.55. The molecule has 0 unspecified atom stereocenters. The summed E-state index contributed by atoms with van der Waals surface area (Å²) in [7, 11) is 2.13. The predicted octanol–water partition coefficient (Wildman–Crippen LogP) is 2.70. The fourth-order valence-electron chi connectivity index (χ4n) is 3.78. The average Bonchev–Trinajstić information content (AvgIpc) is 3.12. The van der Waals surface area contributed by atoms with Gasteiger partial charge in [0.1, 0.15) is 11.8 Å². The molecule has 2 aromatic heterocycles. The lowest BCUT2D eigenvalue weighted by Crippen LogP contribution is -2.50. The van der Waals surface area contributed by atoms with E-state index in [1.54, 1.807) is 12.7 Å². The van der Waals surface area contributed by atoms with Crippen LogP contribution in [0.5, 0.6) is 0 Å². The van der Waals surface area contributed by atoms with E-state index in [-0.39, 0.29) is 0 Å². The highest BCUT2D eigenvalue weighted by Crippen LogP contribution is 2.28. The SMILES string of the molecule is C[C@@H]1CCN(Cc2ccccc2)C[C@@H]1N(C)c1ncnc2nc[nH]c12. The Morgan fingerprint density at radius 3 is 2.88 bits per heavy atom. The Balaban J connectivity index is 1.54. The summed E-state index contributed by atoms with van der Waals surface area (Å²) >= 11 is 0. The molecule has 0 amide bonds. The molecule has 2 atom stereocenters. The highest BCUT2D eigenvalue weighted by atomic mass is 15.3. The molecule has 6 heteroatoms. The van der Waals surface area contributed by atoms with E-state index in [1.807, 2.05) is 0 Å². The molecule has 1 aromatic carbocycles. The van der Waals surface area contributed by atoms with Crippen LogP contribution < -0.4 is 4.90 Å². The lowest BCUT2D eigenvalue weighted by Gasteiger charge is -2.42. The van der Waals surface area contributed by atoms with Crippen LogP contribution in [0, 0.1) is 5.92 Å². The maximum absolute atomic E-state index is 4.52. The number of aromatic nitrogens is 4. The first-order valence-electron chi connectivity index (χ1n) is 8.85. The molecule has 0 aliphatic carbocycles. The molecular weight excluding hydrogens is 312 g/mol. The number of aromatic amines is 1. The maximum atomic E-state index is 4.52. The Morgan fingerprint density at radius 1 is 1.20 bits per heavy atom. The van der Waals surface area contributed by atoms with E-state index in [2.05, 4.69) is 74.0 Å². The Kier molecular flexibility index (Phi) is 4.36. The second kappa shape index (κ2) is 6.80. The quantitative estimate of drug-likeness (QED) is 0.794. The largest absolute Gasteiger partial charge is 0.353 e. The number of nitrogens with zero attached hydrogens (tertiary/aromatic N) is 5. The highest BCUT2D eigenvalue weighted by Gasteiger charge is 2.30. The molecule has 0 bridgehead atoms. The van der Waals surface area contributed by atoms with E-state index in [0.717, 1.165) is 36.6 Å². The lowest BCUT2D eigenvalue weighted by molar-refractivity contribution is 0.159. The molecule has 1 saturated heterocycles. The minimum Gasteiger partial charge on any atom is -0.353 e. The Bertz CT molecular complexity index is 830. The molecule has 1 N–H and O–H groups in total. The van der Waals surface area contributed by atoms with Gasteiger partial charge in [-0.05, 0) is 24.4 Å². The summed E-state index contributed by atoms with van der Waals surface area (Å²) in [6.07, 6.45) is 4.48. The summed E-state index contributed by atoms with van der Waals surface area (Å²) < 4.78 is 0. The van der Waals surface area contributed by atoms with Crippen LogP contribution in [0.1, 0.15) is 18.9 Å². The normalized spacial score (nSPS) is 21.5. The zero-order chi connectivity index (χ0) is 17.2. The number of nitrogens with one attached hydrogen (secondary N) is 1. The van der Waals surface area contributed by atoms with Gasteiger partial charge >= 0.3 is 0 Å². The topological polar surface area (TPSA) is 60.9 Å². The van der Waals surface area contributed by atoms with E-state index in [9.17, 15) is 0 Å². The van der Waals surface area contributed by atoms with Crippen molar-refractivity contribution in [2.45, 2.75) is 25.9 Å². The van der Waals surface area contributed by atoms with Crippen molar-refractivity contribution in [1.82, 2.24) is 24.8 Å². The molecular formula is C19H24N6. The monoisotopic (exact) mass is 336 g/mol. The Labute approximate surface area is 147 Å². The molecule has 0 spiro atoms. The van der Waals surface area contributed by atoms with E-state index < -0.39 is 0 Å². The van der Waals surface area contributed by atoms with E-state index >= 15 is 0 Å². The molecule has 0 radical (unpaired) electrons. The van der Waals surface area contributed by atoms with Gasteiger partial charge in [-0.1, -0.05) is 37.3 Å². The smallest absolute Gasteiger partial charge is 0.182 e. The second-order valence-corrected chi connectivity index (χ2v) is 6.96. The molecule has 3 aromatic rings. The number of hydrogen-bond donors (Lipinski definition) is 1. The van der Waals surface area contributed by atoms with Crippen LogP contribution in [0.2, 0.25) is 0 Å². The molecule has 130 valence electrons. The first-order chi connectivity index (χ1) is 12.2. The maximum Gasteiger partial charge on any atom is 0.182 e. The van der Waals surface area contributed by atoms with Crippen LogP contribution in [-0.2, 0) is 6.54 Å². The van der Waals surface area contributed by atoms with Gasteiger partial charge in [-0.25, -0.2) is 15.0 Å². The van der Waals surface area contributed by atoms with Crippen LogP contribution in [0.3, 0.4) is 0 Å². The molecule has 6 nitrogen and oxygen atoms in total. The first kappa shape index (κ1) is 16.0. The number of piperidine rings is 1. The third kappa shape index (κ3) is 3.22. The number of anilines is 1. The molecule has 1 aliphatic rings. The summed E-state index contributed by atoms with van der Waals surface area (Å²) in [6.45, 7) is 5.52. The van der Waals surface area contributed by atoms with Crippen LogP contribution >= 0.6 is 0 Å². The number of rotatable bonds is 4. The van der Waals surface area contributed by atoms with Gasteiger partial charge in [0, 0.05) is 26.2 Å². The first-order valence-corrected chi connectivity index (χ1v) is 8.85. The summed E-state index contributed by atoms with van der Waals surface area (Å²) in [5, 5.41) is 0. The van der Waals surface area contributed by atoms with Gasteiger partial charge in [0.25, 0.3) is 0 Å². The molecule has 1 aliphatic heterocycles. The van der Waals surface area contributed by atoms with Crippen LogP contribution in [0.15, 0.2) is 43.0 Å². The second-order valence-electron chi connectivity index (χ2n) is 6.96. The van der Waals surface area contributed by atoms with Crippen molar-refractivity contribution in [3.05, 3.63) is 48.5 Å². The van der Waals surface area contributed by atoms with E-state index in [1.165, 1.54) is 12.0 Å². The van der Waals surface area contributed by atoms with E-state index in [0.29, 0.717) is 12.0 Å².